The van der Waals surface area contributed by atoms with Crippen molar-refractivity contribution in [3.05, 3.63) is 23.8 Å². The highest BCUT2D eigenvalue weighted by Crippen LogP contribution is 2.29. The number of hydrogen-bond donors (Lipinski definition) is 2. The van der Waals surface area contributed by atoms with Gasteiger partial charge in [-0.1, -0.05) is 6.07 Å². The van der Waals surface area contributed by atoms with Crippen LogP contribution in [0.2, 0.25) is 0 Å². The SMILES string of the molecule is COc1cc(CCNC(=O)CN2CCC[C@H]2C(=O)O)ccc1OC(F)F. The summed E-state index contributed by atoms with van der Waals surface area (Å²) in [6, 6.07) is 3.98. The molecule has 9 heteroatoms. The molecule has 26 heavy (non-hydrogen) atoms. The van der Waals surface area contributed by atoms with E-state index in [4.69, 9.17) is 9.84 Å². The van der Waals surface area contributed by atoms with E-state index in [1.165, 1.54) is 13.2 Å². The average Bonchev–Trinajstić information content (AvgIpc) is 3.04. The summed E-state index contributed by atoms with van der Waals surface area (Å²) in [6.07, 6.45) is 1.78. The highest BCUT2D eigenvalue weighted by molar-refractivity contribution is 5.80. The number of nitrogens with zero attached hydrogens (tertiary/aromatic N) is 1. The Bertz CT molecular complexity index is 642. The Morgan fingerprint density at radius 2 is 2.15 bits per heavy atom. The van der Waals surface area contributed by atoms with E-state index in [0.29, 0.717) is 25.9 Å². The molecule has 0 aliphatic carbocycles. The number of hydrogen-bond acceptors (Lipinski definition) is 5. The molecule has 0 aromatic heterocycles. The number of benzene rings is 1. The molecule has 1 atom stereocenters. The summed E-state index contributed by atoms with van der Waals surface area (Å²) in [5, 5.41) is 11.8. The smallest absolute Gasteiger partial charge is 0.387 e. The zero-order chi connectivity index (χ0) is 19.1. The number of carbonyl (C=O) groups excluding carboxylic acids is 1. The van der Waals surface area contributed by atoms with Gasteiger partial charge in [-0.05, 0) is 43.5 Å². The number of ether oxygens (including phenoxy) is 2. The fourth-order valence-corrected chi connectivity index (χ4v) is 2.94. The summed E-state index contributed by atoms with van der Waals surface area (Å²) in [4.78, 5) is 24.7. The summed E-state index contributed by atoms with van der Waals surface area (Å²) in [7, 11) is 1.36. The third kappa shape index (κ3) is 5.55. The van der Waals surface area contributed by atoms with Gasteiger partial charge in [-0.25, -0.2) is 0 Å². The number of halogens is 2. The fourth-order valence-electron chi connectivity index (χ4n) is 2.94. The van der Waals surface area contributed by atoms with Gasteiger partial charge in [0.15, 0.2) is 11.5 Å². The first-order chi connectivity index (χ1) is 12.4. The van der Waals surface area contributed by atoms with Gasteiger partial charge in [-0.2, -0.15) is 8.78 Å². The topological polar surface area (TPSA) is 88.1 Å². The van der Waals surface area contributed by atoms with Crippen molar-refractivity contribution in [2.45, 2.75) is 31.9 Å². The van der Waals surface area contributed by atoms with E-state index in [-0.39, 0.29) is 24.0 Å². The molecule has 1 aromatic carbocycles. The van der Waals surface area contributed by atoms with Crippen LogP contribution in [0.4, 0.5) is 8.78 Å². The highest BCUT2D eigenvalue weighted by atomic mass is 19.3. The van der Waals surface area contributed by atoms with Crippen LogP contribution in [-0.2, 0) is 16.0 Å². The molecule has 1 aliphatic heterocycles. The van der Waals surface area contributed by atoms with E-state index in [1.54, 1.807) is 17.0 Å². The molecule has 0 bridgehead atoms. The minimum atomic E-state index is -2.94. The first-order valence-electron chi connectivity index (χ1n) is 8.26. The van der Waals surface area contributed by atoms with Gasteiger partial charge in [0.1, 0.15) is 6.04 Å². The number of rotatable bonds is 9. The fraction of sp³-hybridized carbons (Fsp3) is 0.529. The molecule has 1 fully saturated rings. The largest absolute Gasteiger partial charge is 0.493 e. The molecular formula is C17H22F2N2O5. The second-order valence-corrected chi connectivity index (χ2v) is 5.93. The van der Waals surface area contributed by atoms with Crippen LogP contribution in [0.3, 0.4) is 0 Å². The van der Waals surface area contributed by atoms with Gasteiger partial charge in [0.2, 0.25) is 5.91 Å². The van der Waals surface area contributed by atoms with E-state index in [1.807, 2.05) is 0 Å². The normalized spacial score (nSPS) is 17.3. The van der Waals surface area contributed by atoms with Crippen molar-refractivity contribution in [1.82, 2.24) is 10.2 Å². The van der Waals surface area contributed by atoms with Crippen LogP contribution in [-0.4, -0.2) is 61.3 Å². The Morgan fingerprint density at radius 1 is 1.38 bits per heavy atom. The molecular weight excluding hydrogens is 350 g/mol. The van der Waals surface area contributed by atoms with Gasteiger partial charge in [0.25, 0.3) is 0 Å². The third-order valence-corrected chi connectivity index (χ3v) is 4.18. The first-order valence-corrected chi connectivity index (χ1v) is 8.26. The van der Waals surface area contributed by atoms with Crippen LogP contribution in [0.1, 0.15) is 18.4 Å². The molecule has 0 saturated carbocycles. The lowest BCUT2D eigenvalue weighted by atomic mass is 10.1. The highest BCUT2D eigenvalue weighted by Gasteiger charge is 2.31. The Kier molecular flexibility index (Phi) is 7.14. The first kappa shape index (κ1) is 19.9. The molecule has 1 amide bonds. The summed E-state index contributed by atoms with van der Waals surface area (Å²) in [6.45, 7) is -1.97. The Hall–Kier alpha value is -2.42. The predicted octanol–water partition coefficient (Wildman–Crippen LogP) is 1.50. The maximum Gasteiger partial charge on any atom is 0.387 e. The number of carbonyl (C=O) groups is 2. The summed E-state index contributed by atoms with van der Waals surface area (Å²) in [5.74, 6) is -1.02. The van der Waals surface area contributed by atoms with Crippen LogP contribution >= 0.6 is 0 Å². The zero-order valence-corrected chi connectivity index (χ0v) is 14.4. The van der Waals surface area contributed by atoms with Crippen molar-refractivity contribution >= 4 is 11.9 Å². The number of alkyl halides is 2. The Morgan fingerprint density at radius 3 is 2.81 bits per heavy atom. The molecule has 7 nitrogen and oxygen atoms in total. The van der Waals surface area contributed by atoms with Crippen LogP contribution < -0.4 is 14.8 Å². The third-order valence-electron chi connectivity index (χ3n) is 4.18. The van der Waals surface area contributed by atoms with Gasteiger partial charge in [0.05, 0.1) is 13.7 Å². The Balaban J connectivity index is 1.81. The van der Waals surface area contributed by atoms with Crippen LogP contribution in [0.15, 0.2) is 18.2 Å². The van der Waals surface area contributed by atoms with E-state index < -0.39 is 18.6 Å². The number of methoxy groups -OCH3 is 1. The molecule has 0 unspecified atom stereocenters. The molecule has 0 spiro atoms. The van der Waals surface area contributed by atoms with Gasteiger partial charge in [0, 0.05) is 6.54 Å². The van der Waals surface area contributed by atoms with E-state index >= 15 is 0 Å². The average molecular weight is 372 g/mol. The van der Waals surface area contributed by atoms with Crippen LogP contribution in [0.25, 0.3) is 0 Å². The summed E-state index contributed by atoms with van der Waals surface area (Å²) < 4.78 is 34.0. The minimum Gasteiger partial charge on any atom is -0.493 e. The van der Waals surface area contributed by atoms with Crippen LogP contribution in [0, 0.1) is 0 Å². The standard InChI is InChI=1S/C17H22F2N2O5/c1-25-14-9-11(4-5-13(14)26-17(18)19)6-7-20-15(22)10-21-8-2-3-12(21)16(23)24/h4-5,9,12,17H,2-3,6-8,10H2,1H3,(H,20,22)(H,23,24)/t12-/m0/s1. The minimum absolute atomic E-state index is 0.0431. The van der Waals surface area contributed by atoms with Crippen molar-refractivity contribution in [3.63, 3.8) is 0 Å². The van der Waals surface area contributed by atoms with Gasteiger partial charge in [-0.3, -0.25) is 14.5 Å². The Labute approximate surface area is 149 Å². The molecule has 0 radical (unpaired) electrons. The quantitative estimate of drug-likeness (QED) is 0.683. The van der Waals surface area contributed by atoms with Gasteiger partial charge < -0.3 is 19.9 Å². The summed E-state index contributed by atoms with van der Waals surface area (Å²) >= 11 is 0. The van der Waals surface area contributed by atoms with E-state index in [2.05, 4.69) is 10.1 Å². The van der Waals surface area contributed by atoms with E-state index in [0.717, 1.165) is 12.0 Å². The number of carboxylic acids is 1. The zero-order valence-electron chi connectivity index (χ0n) is 14.4. The maximum absolute atomic E-state index is 12.3. The number of nitrogens with one attached hydrogen (secondary N) is 1. The van der Waals surface area contributed by atoms with Crippen molar-refractivity contribution in [2.24, 2.45) is 0 Å². The van der Waals surface area contributed by atoms with Gasteiger partial charge >= 0.3 is 12.6 Å². The molecule has 144 valence electrons. The summed E-state index contributed by atoms with van der Waals surface area (Å²) in [5.41, 5.74) is 0.786. The van der Waals surface area contributed by atoms with Crippen LogP contribution in [0.5, 0.6) is 11.5 Å². The lowest BCUT2D eigenvalue weighted by Crippen LogP contribution is -2.43. The molecule has 2 N–H and O–H groups in total. The number of carboxylic acid groups (broad SMARTS) is 1. The number of likely N-dealkylation sites (tertiary alicyclic amines) is 1. The van der Waals surface area contributed by atoms with Crippen molar-refractivity contribution in [2.75, 3.05) is 26.7 Å². The number of amides is 1. The molecule has 2 rings (SSSR count). The molecule has 1 saturated heterocycles. The molecule has 1 aliphatic rings. The second-order valence-electron chi connectivity index (χ2n) is 5.93. The number of aliphatic carboxylic acids is 1. The second kappa shape index (κ2) is 9.33. The maximum atomic E-state index is 12.3. The lowest BCUT2D eigenvalue weighted by Gasteiger charge is -2.20. The molecule has 1 aromatic rings. The van der Waals surface area contributed by atoms with Gasteiger partial charge in [-0.15, -0.1) is 0 Å². The molecule has 1 heterocycles. The predicted molar refractivity (Wildman–Crippen MR) is 88.6 cm³/mol. The van der Waals surface area contributed by atoms with E-state index in [9.17, 15) is 18.4 Å². The van der Waals surface area contributed by atoms with Crippen molar-refractivity contribution in [1.29, 1.82) is 0 Å². The monoisotopic (exact) mass is 372 g/mol. The van der Waals surface area contributed by atoms with Crippen molar-refractivity contribution < 1.29 is 33.0 Å². The lowest BCUT2D eigenvalue weighted by molar-refractivity contribution is -0.142. The van der Waals surface area contributed by atoms with Crippen molar-refractivity contribution in [3.8, 4) is 11.5 Å².